The second-order valence-electron chi connectivity index (χ2n) is 6.80. The quantitative estimate of drug-likeness (QED) is 0.821. The zero-order valence-electron chi connectivity index (χ0n) is 12.0. The number of hydrogen-bond donors (Lipinski definition) is 1. The molecule has 0 bridgehead atoms. The summed E-state index contributed by atoms with van der Waals surface area (Å²) in [6, 6.07) is 0.0441. The number of likely N-dealkylation sites (N-methyl/N-ethyl adjacent to an activating group) is 1. The van der Waals surface area contributed by atoms with Crippen molar-refractivity contribution >= 4 is 5.91 Å². The molecule has 2 aliphatic carbocycles. The summed E-state index contributed by atoms with van der Waals surface area (Å²) in [6.45, 7) is 4.40. The lowest BCUT2D eigenvalue weighted by Crippen LogP contribution is -2.49. The molecular formula is C15H27NO2. The Kier molecular flexibility index (Phi) is 4.00. The zero-order valence-corrected chi connectivity index (χ0v) is 12.0. The highest BCUT2D eigenvalue weighted by Gasteiger charge is 2.42. The summed E-state index contributed by atoms with van der Waals surface area (Å²) in [4.78, 5) is 14.5. The van der Waals surface area contributed by atoms with Crippen molar-refractivity contribution in [3.63, 3.8) is 0 Å². The third-order valence-corrected chi connectivity index (χ3v) is 5.09. The number of aliphatic hydroxyl groups excluding tert-OH is 1. The van der Waals surface area contributed by atoms with E-state index in [2.05, 4.69) is 13.8 Å². The van der Waals surface area contributed by atoms with Crippen LogP contribution < -0.4 is 0 Å². The molecule has 18 heavy (non-hydrogen) atoms. The molecule has 0 aromatic rings. The maximum Gasteiger partial charge on any atom is 0.226 e. The van der Waals surface area contributed by atoms with Crippen LogP contribution in [0.15, 0.2) is 0 Å². The smallest absolute Gasteiger partial charge is 0.226 e. The van der Waals surface area contributed by atoms with E-state index < -0.39 is 0 Å². The van der Waals surface area contributed by atoms with Crippen LogP contribution in [-0.4, -0.2) is 35.1 Å². The molecule has 3 atom stereocenters. The minimum Gasteiger partial charge on any atom is -0.391 e. The first kappa shape index (κ1) is 13.9. The van der Waals surface area contributed by atoms with Gasteiger partial charge in [-0.05, 0) is 31.1 Å². The molecule has 1 amide bonds. The van der Waals surface area contributed by atoms with Gasteiger partial charge in [-0.25, -0.2) is 0 Å². The summed E-state index contributed by atoms with van der Waals surface area (Å²) >= 11 is 0. The van der Waals surface area contributed by atoms with Crippen LogP contribution in [0.25, 0.3) is 0 Å². The van der Waals surface area contributed by atoms with Crippen molar-refractivity contribution in [1.29, 1.82) is 0 Å². The molecular weight excluding hydrogens is 226 g/mol. The Labute approximate surface area is 111 Å². The minimum atomic E-state index is -0.322. The SMILES string of the molecule is CN(C(=O)C1CCCC1(C)C)C1CCCCC1O. The standard InChI is InChI=1S/C15H27NO2/c1-15(2)10-6-7-11(15)14(18)16(3)12-8-4-5-9-13(12)17/h11-13,17H,4-10H2,1-3H3. The van der Waals surface area contributed by atoms with Gasteiger partial charge in [-0.15, -0.1) is 0 Å². The highest BCUT2D eigenvalue weighted by molar-refractivity contribution is 5.80. The second kappa shape index (κ2) is 5.20. The zero-order chi connectivity index (χ0) is 13.3. The molecule has 3 unspecified atom stereocenters. The summed E-state index contributed by atoms with van der Waals surface area (Å²) in [7, 11) is 1.88. The number of aliphatic hydroxyl groups is 1. The van der Waals surface area contributed by atoms with Crippen LogP contribution >= 0.6 is 0 Å². The largest absolute Gasteiger partial charge is 0.391 e. The Morgan fingerprint density at radius 1 is 1.17 bits per heavy atom. The van der Waals surface area contributed by atoms with E-state index in [0.717, 1.165) is 44.9 Å². The fourth-order valence-corrected chi connectivity index (χ4v) is 3.74. The molecule has 3 nitrogen and oxygen atoms in total. The lowest BCUT2D eigenvalue weighted by Gasteiger charge is -2.38. The molecule has 0 aliphatic heterocycles. The van der Waals surface area contributed by atoms with E-state index >= 15 is 0 Å². The van der Waals surface area contributed by atoms with Crippen molar-refractivity contribution in [2.45, 2.75) is 70.9 Å². The fraction of sp³-hybridized carbons (Fsp3) is 0.933. The number of carbonyl (C=O) groups excluding carboxylic acids is 1. The lowest BCUT2D eigenvalue weighted by atomic mass is 9.80. The summed E-state index contributed by atoms with van der Waals surface area (Å²) < 4.78 is 0. The van der Waals surface area contributed by atoms with Gasteiger partial charge in [0.15, 0.2) is 0 Å². The van der Waals surface area contributed by atoms with E-state index in [1.807, 2.05) is 11.9 Å². The van der Waals surface area contributed by atoms with Crippen LogP contribution in [0.2, 0.25) is 0 Å². The van der Waals surface area contributed by atoms with Gasteiger partial charge in [-0.3, -0.25) is 4.79 Å². The van der Waals surface area contributed by atoms with Crippen LogP contribution in [0.1, 0.15) is 58.8 Å². The Morgan fingerprint density at radius 2 is 1.83 bits per heavy atom. The van der Waals surface area contributed by atoms with Crippen LogP contribution in [0.5, 0.6) is 0 Å². The third kappa shape index (κ3) is 2.56. The predicted octanol–water partition coefficient (Wildman–Crippen LogP) is 2.57. The first-order valence-electron chi connectivity index (χ1n) is 7.38. The van der Waals surface area contributed by atoms with Crippen molar-refractivity contribution in [2.24, 2.45) is 11.3 Å². The maximum absolute atomic E-state index is 12.6. The van der Waals surface area contributed by atoms with Crippen LogP contribution in [-0.2, 0) is 4.79 Å². The molecule has 0 heterocycles. The van der Waals surface area contributed by atoms with Crippen molar-refractivity contribution in [1.82, 2.24) is 4.90 Å². The molecule has 1 N–H and O–H groups in total. The summed E-state index contributed by atoms with van der Waals surface area (Å²) in [5, 5.41) is 10.1. The van der Waals surface area contributed by atoms with Gasteiger partial charge in [0.2, 0.25) is 5.91 Å². The van der Waals surface area contributed by atoms with E-state index in [-0.39, 0.29) is 29.4 Å². The van der Waals surface area contributed by atoms with Gasteiger partial charge < -0.3 is 10.0 Å². The number of rotatable bonds is 2. The van der Waals surface area contributed by atoms with Crippen LogP contribution in [0.4, 0.5) is 0 Å². The minimum absolute atomic E-state index is 0.0441. The van der Waals surface area contributed by atoms with Crippen LogP contribution in [0.3, 0.4) is 0 Å². The van der Waals surface area contributed by atoms with Crippen molar-refractivity contribution in [2.75, 3.05) is 7.05 Å². The van der Waals surface area contributed by atoms with E-state index in [1.165, 1.54) is 0 Å². The number of carbonyl (C=O) groups is 1. The molecule has 3 heteroatoms. The average molecular weight is 253 g/mol. The Bertz CT molecular complexity index is 314. The van der Waals surface area contributed by atoms with E-state index in [1.54, 1.807) is 0 Å². The Hall–Kier alpha value is -0.570. The van der Waals surface area contributed by atoms with Gasteiger partial charge in [0, 0.05) is 13.0 Å². The highest BCUT2D eigenvalue weighted by Crippen LogP contribution is 2.43. The second-order valence-corrected chi connectivity index (χ2v) is 6.80. The molecule has 2 fully saturated rings. The summed E-state index contributed by atoms with van der Waals surface area (Å²) in [5.41, 5.74) is 0.130. The number of amides is 1. The summed E-state index contributed by atoms with van der Waals surface area (Å²) in [6.07, 6.45) is 7.01. The molecule has 2 rings (SSSR count). The molecule has 2 saturated carbocycles. The number of hydrogen-bond acceptors (Lipinski definition) is 2. The monoisotopic (exact) mass is 253 g/mol. The van der Waals surface area contributed by atoms with Crippen LogP contribution in [0, 0.1) is 11.3 Å². The van der Waals surface area contributed by atoms with Gasteiger partial charge in [0.1, 0.15) is 0 Å². The Balaban J connectivity index is 2.04. The highest BCUT2D eigenvalue weighted by atomic mass is 16.3. The van der Waals surface area contributed by atoms with Gasteiger partial charge in [0.25, 0.3) is 0 Å². The topological polar surface area (TPSA) is 40.5 Å². The number of nitrogens with zero attached hydrogens (tertiary/aromatic N) is 1. The average Bonchev–Trinajstić information content (AvgIpc) is 2.68. The third-order valence-electron chi connectivity index (χ3n) is 5.09. The molecule has 0 aromatic carbocycles. The molecule has 104 valence electrons. The lowest BCUT2D eigenvalue weighted by molar-refractivity contribution is -0.142. The first-order valence-corrected chi connectivity index (χ1v) is 7.38. The van der Waals surface area contributed by atoms with E-state index in [4.69, 9.17) is 0 Å². The van der Waals surface area contributed by atoms with Gasteiger partial charge >= 0.3 is 0 Å². The summed E-state index contributed by atoms with van der Waals surface area (Å²) in [5.74, 6) is 0.403. The maximum atomic E-state index is 12.6. The van der Waals surface area contributed by atoms with Crippen molar-refractivity contribution < 1.29 is 9.90 Å². The van der Waals surface area contributed by atoms with Crippen molar-refractivity contribution in [3.8, 4) is 0 Å². The van der Waals surface area contributed by atoms with Gasteiger partial charge in [-0.1, -0.05) is 33.1 Å². The molecule has 0 spiro atoms. The fourth-order valence-electron chi connectivity index (χ4n) is 3.74. The Morgan fingerprint density at radius 3 is 2.39 bits per heavy atom. The molecule has 0 aromatic heterocycles. The van der Waals surface area contributed by atoms with Crippen molar-refractivity contribution in [3.05, 3.63) is 0 Å². The molecule has 2 aliphatic rings. The van der Waals surface area contributed by atoms with E-state index in [0.29, 0.717) is 0 Å². The first-order chi connectivity index (χ1) is 8.43. The molecule has 0 saturated heterocycles. The van der Waals surface area contributed by atoms with Gasteiger partial charge in [-0.2, -0.15) is 0 Å². The normalized spacial score (nSPS) is 35.4. The molecule has 0 radical (unpaired) electrons. The van der Waals surface area contributed by atoms with E-state index in [9.17, 15) is 9.90 Å². The predicted molar refractivity (Wildman–Crippen MR) is 72.2 cm³/mol. The van der Waals surface area contributed by atoms with Gasteiger partial charge in [0.05, 0.1) is 12.1 Å².